The Morgan fingerprint density at radius 3 is 2.69 bits per heavy atom. The summed E-state index contributed by atoms with van der Waals surface area (Å²) in [6, 6.07) is 9.09. The van der Waals surface area contributed by atoms with Crippen molar-refractivity contribution in [3.05, 3.63) is 54.1 Å². The zero-order valence-electron chi connectivity index (χ0n) is 17.2. The summed E-state index contributed by atoms with van der Waals surface area (Å²) < 4.78 is 24.8. The third kappa shape index (κ3) is 4.17. The molecule has 0 fully saturated rings. The van der Waals surface area contributed by atoms with Gasteiger partial charge in [0.1, 0.15) is 28.1 Å². The van der Waals surface area contributed by atoms with E-state index < -0.39 is 5.82 Å². The molecule has 0 atom stereocenters. The molecule has 4 aromatic rings. The van der Waals surface area contributed by atoms with E-state index >= 15 is 0 Å². The molecular formula is C22H19FN4O4S. The molecule has 2 heterocycles. The van der Waals surface area contributed by atoms with Gasteiger partial charge in [0.25, 0.3) is 0 Å². The fourth-order valence-corrected chi connectivity index (χ4v) is 4.22. The van der Waals surface area contributed by atoms with Crippen molar-refractivity contribution in [3.63, 3.8) is 0 Å². The van der Waals surface area contributed by atoms with Crippen LogP contribution in [0.1, 0.15) is 12.5 Å². The van der Waals surface area contributed by atoms with Crippen LogP contribution in [0.4, 0.5) is 10.2 Å². The highest BCUT2D eigenvalue weighted by molar-refractivity contribution is 7.23. The van der Waals surface area contributed by atoms with Gasteiger partial charge in [0, 0.05) is 11.6 Å². The molecule has 4 rings (SSSR count). The number of phenols is 1. The van der Waals surface area contributed by atoms with Crippen LogP contribution in [-0.4, -0.2) is 33.9 Å². The van der Waals surface area contributed by atoms with E-state index in [1.807, 2.05) is 0 Å². The highest BCUT2D eigenvalue weighted by Gasteiger charge is 2.20. The van der Waals surface area contributed by atoms with E-state index in [4.69, 9.17) is 9.47 Å². The maximum Gasteiger partial charge on any atom is 0.195 e. The minimum Gasteiger partial charge on any atom is -0.504 e. The number of fused-ring (bicyclic) bond motifs is 1. The molecular weight excluding hydrogens is 435 g/mol. The second kappa shape index (κ2) is 9.15. The fraction of sp³-hybridized carbons (Fsp3) is 0.182. The number of halogens is 1. The molecule has 10 heteroatoms. The smallest absolute Gasteiger partial charge is 0.195 e. The van der Waals surface area contributed by atoms with Gasteiger partial charge in [-0.15, -0.1) is 16.5 Å². The van der Waals surface area contributed by atoms with E-state index in [2.05, 4.69) is 20.2 Å². The molecule has 0 amide bonds. The summed E-state index contributed by atoms with van der Waals surface area (Å²) >= 11 is 1.22. The topological polar surface area (TPSA) is 109 Å². The van der Waals surface area contributed by atoms with Crippen molar-refractivity contribution in [2.24, 2.45) is 10.2 Å². The van der Waals surface area contributed by atoms with Gasteiger partial charge >= 0.3 is 0 Å². The number of rotatable bonds is 7. The van der Waals surface area contributed by atoms with Crippen molar-refractivity contribution in [1.29, 1.82) is 0 Å². The lowest BCUT2D eigenvalue weighted by molar-refractivity contribution is 0.339. The Balaban J connectivity index is 1.68. The second-order valence-electron chi connectivity index (χ2n) is 6.63. The summed E-state index contributed by atoms with van der Waals surface area (Å²) in [6.07, 6.45) is 1.29. The maximum atomic E-state index is 13.7. The van der Waals surface area contributed by atoms with Crippen molar-refractivity contribution >= 4 is 27.4 Å². The van der Waals surface area contributed by atoms with E-state index in [0.29, 0.717) is 44.6 Å². The highest BCUT2D eigenvalue weighted by Crippen LogP contribution is 2.48. The number of ether oxygens (including phenoxy) is 2. The fourth-order valence-electron chi connectivity index (χ4n) is 3.12. The number of benzene rings is 2. The normalized spacial score (nSPS) is 11.3. The summed E-state index contributed by atoms with van der Waals surface area (Å²) in [5.74, 6) is 0.510. The third-order valence-corrected chi connectivity index (χ3v) is 5.78. The lowest BCUT2D eigenvalue weighted by Gasteiger charge is -2.09. The molecule has 0 unspecified atom stereocenters. The van der Waals surface area contributed by atoms with Crippen LogP contribution in [0.15, 0.2) is 53.0 Å². The number of methoxy groups -OCH3 is 1. The van der Waals surface area contributed by atoms with Crippen molar-refractivity contribution in [2.75, 3.05) is 13.7 Å². The number of thiophene rings is 1. The van der Waals surface area contributed by atoms with Crippen LogP contribution >= 0.6 is 11.3 Å². The van der Waals surface area contributed by atoms with E-state index in [0.717, 1.165) is 5.56 Å². The Morgan fingerprint density at radius 2 is 1.94 bits per heavy atom. The van der Waals surface area contributed by atoms with Gasteiger partial charge in [-0.3, -0.25) is 0 Å². The van der Waals surface area contributed by atoms with E-state index in [-0.39, 0.29) is 18.0 Å². The number of aromatic hydroxyl groups is 2. The summed E-state index contributed by atoms with van der Waals surface area (Å²) in [7, 11) is 1.47. The molecule has 2 N–H and O–H groups in total. The van der Waals surface area contributed by atoms with Gasteiger partial charge in [-0.1, -0.05) is 6.07 Å². The van der Waals surface area contributed by atoms with Gasteiger partial charge in [0.05, 0.1) is 25.1 Å². The molecule has 0 spiro atoms. The summed E-state index contributed by atoms with van der Waals surface area (Å²) in [6.45, 7) is 2.36. The Labute approximate surface area is 186 Å². The maximum absolute atomic E-state index is 13.7. The van der Waals surface area contributed by atoms with Crippen LogP contribution in [0.5, 0.6) is 23.0 Å². The standard InChI is InChI=1S/C22H19FN4O4S/c1-3-31-17-9-13(23)5-6-14(17)20-19(29)18-21(32-20)22(25-11-24-18)27-26-10-12-4-7-16(30-2)15(28)8-12/h4-9,11,28-29H,3,10H2,1-2H3. The Kier molecular flexibility index (Phi) is 6.13. The third-order valence-electron chi connectivity index (χ3n) is 4.58. The number of nitrogens with zero attached hydrogens (tertiary/aromatic N) is 4. The number of aromatic nitrogens is 2. The van der Waals surface area contributed by atoms with Crippen LogP contribution in [0.2, 0.25) is 0 Å². The molecule has 8 nitrogen and oxygen atoms in total. The van der Waals surface area contributed by atoms with Crippen LogP contribution in [0, 0.1) is 5.82 Å². The van der Waals surface area contributed by atoms with Gasteiger partial charge < -0.3 is 19.7 Å². The second-order valence-corrected chi connectivity index (χ2v) is 7.65. The zero-order valence-corrected chi connectivity index (χ0v) is 18.1. The molecule has 0 bridgehead atoms. The van der Waals surface area contributed by atoms with Crippen molar-refractivity contribution < 1.29 is 24.1 Å². The predicted octanol–water partition coefficient (Wildman–Crippen LogP) is 5.60. The van der Waals surface area contributed by atoms with Gasteiger partial charge in [-0.25, -0.2) is 14.4 Å². The first kappa shape index (κ1) is 21.4. The summed E-state index contributed by atoms with van der Waals surface area (Å²) in [5, 5.41) is 29.0. The average Bonchev–Trinajstić information content (AvgIpc) is 3.12. The van der Waals surface area contributed by atoms with Crippen LogP contribution < -0.4 is 9.47 Å². The lowest BCUT2D eigenvalue weighted by Crippen LogP contribution is -1.94. The number of phenolic OH excluding ortho intramolecular Hbond substituents is 1. The van der Waals surface area contributed by atoms with Crippen molar-refractivity contribution in [2.45, 2.75) is 13.5 Å². The van der Waals surface area contributed by atoms with Crippen molar-refractivity contribution in [3.8, 4) is 33.4 Å². The van der Waals surface area contributed by atoms with E-state index in [9.17, 15) is 14.6 Å². The van der Waals surface area contributed by atoms with Crippen LogP contribution in [0.25, 0.3) is 20.7 Å². The molecule has 2 aromatic carbocycles. The van der Waals surface area contributed by atoms with E-state index in [1.165, 1.54) is 36.9 Å². The molecule has 0 aliphatic carbocycles. The van der Waals surface area contributed by atoms with Gasteiger partial charge in [-0.05, 0) is 36.8 Å². The molecule has 0 saturated carbocycles. The molecule has 32 heavy (non-hydrogen) atoms. The molecule has 0 radical (unpaired) electrons. The van der Waals surface area contributed by atoms with Crippen LogP contribution in [0.3, 0.4) is 0 Å². The van der Waals surface area contributed by atoms with Gasteiger partial charge in [0.2, 0.25) is 0 Å². The number of hydrogen-bond donors (Lipinski definition) is 2. The van der Waals surface area contributed by atoms with E-state index in [1.54, 1.807) is 31.2 Å². The Bertz CT molecular complexity index is 1310. The largest absolute Gasteiger partial charge is 0.504 e. The van der Waals surface area contributed by atoms with Gasteiger partial charge in [0.15, 0.2) is 23.1 Å². The summed E-state index contributed by atoms with van der Waals surface area (Å²) in [4.78, 5) is 8.81. The predicted molar refractivity (Wildman–Crippen MR) is 119 cm³/mol. The van der Waals surface area contributed by atoms with Crippen molar-refractivity contribution in [1.82, 2.24) is 9.97 Å². The molecule has 2 aromatic heterocycles. The monoisotopic (exact) mass is 454 g/mol. The first-order chi connectivity index (χ1) is 15.5. The Hall–Kier alpha value is -3.79. The minimum absolute atomic E-state index is 0.0156. The summed E-state index contributed by atoms with van der Waals surface area (Å²) in [5.41, 5.74) is 1.60. The first-order valence-electron chi connectivity index (χ1n) is 9.64. The van der Waals surface area contributed by atoms with Crippen LogP contribution in [-0.2, 0) is 6.54 Å². The molecule has 0 aliphatic heterocycles. The first-order valence-corrected chi connectivity index (χ1v) is 10.5. The SMILES string of the molecule is CCOc1cc(F)ccc1-c1sc2c(N=NCc3ccc(OC)c(O)c3)ncnc2c1O. The molecule has 0 saturated heterocycles. The lowest BCUT2D eigenvalue weighted by atomic mass is 10.1. The minimum atomic E-state index is -0.434. The number of hydrogen-bond acceptors (Lipinski definition) is 9. The molecule has 0 aliphatic rings. The zero-order chi connectivity index (χ0) is 22.7. The quantitative estimate of drug-likeness (QED) is 0.352. The number of azo groups is 1. The average molecular weight is 454 g/mol. The van der Waals surface area contributed by atoms with Gasteiger partial charge in [-0.2, -0.15) is 5.11 Å². The highest BCUT2D eigenvalue weighted by atomic mass is 32.1. The Morgan fingerprint density at radius 1 is 1.09 bits per heavy atom. The molecule has 164 valence electrons.